The molecule has 3 heteroatoms. The second-order valence-electron chi connectivity index (χ2n) is 4.06. The minimum absolute atomic E-state index is 0.789. The van der Waals surface area contributed by atoms with Crippen molar-refractivity contribution in [2.45, 2.75) is 6.92 Å². The van der Waals surface area contributed by atoms with Crippen molar-refractivity contribution < 1.29 is 0 Å². The zero-order valence-electron chi connectivity index (χ0n) is 9.39. The highest BCUT2D eigenvalue weighted by atomic mass is 35.5. The van der Waals surface area contributed by atoms with Gasteiger partial charge < -0.3 is 4.40 Å². The Kier molecular flexibility index (Phi) is 2.37. The fourth-order valence-electron chi connectivity index (χ4n) is 1.88. The minimum Gasteiger partial charge on any atom is -0.306 e. The van der Waals surface area contributed by atoms with E-state index in [1.807, 2.05) is 54.0 Å². The molecular formula is C14H11ClN2. The molecule has 0 aliphatic rings. The molecule has 2 heterocycles. The van der Waals surface area contributed by atoms with Crippen molar-refractivity contribution in [2.75, 3.05) is 0 Å². The third-order valence-corrected chi connectivity index (χ3v) is 3.24. The van der Waals surface area contributed by atoms with E-state index in [-0.39, 0.29) is 0 Å². The molecule has 0 atom stereocenters. The molecule has 3 rings (SSSR count). The van der Waals surface area contributed by atoms with Crippen LogP contribution in [-0.2, 0) is 0 Å². The van der Waals surface area contributed by atoms with Crippen molar-refractivity contribution in [1.82, 2.24) is 9.38 Å². The molecular weight excluding hydrogens is 232 g/mol. The lowest BCUT2D eigenvalue weighted by Crippen LogP contribution is -1.80. The van der Waals surface area contributed by atoms with Crippen molar-refractivity contribution in [3.63, 3.8) is 0 Å². The van der Waals surface area contributed by atoms with Crippen molar-refractivity contribution in [3.05, 3.63) is 59.4 Å². The average molecular weight is 243 g/mol. The molecule has 84 valence electrons. The second-order valence-corrected chi connectivity index (χ2v) is 4.46. The van der Waals surface area contributed by atoms with E-state index in [1.54, 1.807) is 0 Å². The molecule has 0 unspecified atom stereocenters. The summed E-state index contributed by atoms with van der Waals surface area (Å²) in [4.78, 5) is 4.57. The molecule has 2 nitrogen and oxygen atoms in total. The van der Waals surface area contributed by atoms with E-state index in [4.69, 9.17) is 11.6 Å². The Bertz CT molecular complexity index is 653. The number of fused-ring (bicyclic) bond motifs is 1. The second kappa shape index (κ2) is 3.90. The molecule has 17 heavy (non-hydrogen) atoms. The minimum atomic E-state index is 0.789. The van der Waals surface area contributed by atoms with E-state index in [0.29, 0.717) is 0 Å². The van der Waals surface area contributed by atoms with Crippen molar-refractivity contribution in [1.29, 1.82) is 0 Å². The Morgan fingerprint density at radius 2 is 2.06 bits per heavy atom. The zero-order valence-corrected chi connectivity index (χ0v) is 10.1. The van der Waals surface area contributed by atoms with Gasteiger partial charge in [-0.25, -0.2) is 4.98 Å². The number of aromatic nitrogens is 2. The van der Waals surface area contributed by atoms with Gasteiger partial charge in [0, 0.05) is 23.0 Å². The summed E-state index contributed by atoms with van der Waals surface area (Å²) in [7, 11) is 0. The van der Waals surface area contributed by atoms with Crippen LogP contribution in [0.25, 0.3) is 16.9 Å². The van der Waals surface area contributed by atoms with Crippen LogP contribution >= 0.6 is 11.6 Å². The van der Waals surface area contributed by atoms with Crippen molar-refractivity contribution >= 4 is 17.2 Å². The van der Waals surface area contributed by atoms with Gasteiger partial charge in [-0.05, 0) is 36.8 Å². The normalized spacial score (nSPS) is 10.9. The summed E-state index contributed by atoms with van der Waals surface area (Å²) in [6.45, 7) is 2.00. The number of benzene rings is 1. The molecule has 0 saturated heterocycles. The van der Waals surface area contributed by atoms with Crippen molar-refractivity contribution in [3.8, 4) is 11.3 Å². The molecule has 1 aromatic carbocycles. The molecule has 2 aromatic heterocycles. The predicted molar refractivity (Wildman–Crippen MR) is 70.4 cm³/mol. The summed E-state index contributed by atoms with van der Waals surface area (Å²) in [6.07, 6.45) is 4.02. The van der Waals surface area contributed by atoms with Crippen LogP contribution in [0.1, 0.15) is 5.56 Å². The molecule has 0 aliphatic carbocycles. The summed E-state index contributed by atoms with van der Waals surface area (Å²) < 4.78 is 2.01. The summed E-state index contributed by atoms with van der Waals surface area (Å²) >= 11 is 6.02. The maximum Gasteiger partial charge on any atom is 0.137 e. The van der Waals surface area contributed by atoms with Gasteiger partial charge in [-0.2, -0.15) is 0 Å². The van der Waals surface area contributed by atoms with E-state index in [9.17, 15) is 0 Å². The van der Waals surface area contributed by atoms with Gasteiger partial charge in [-0.3, -0.25) is 0 Å². The Hall–Kier alpha value is -1.80. The Morgan fingerprint density at radius 1 is 1.18 bits per heavy atom. The highest BCUT2D eigenvalue weighted by molar-refractivity contribution is 6.31. The SMILES string of the molecule is Cc1cc(-c2cn3ccccc3n2)ccc1Cl. The number of halogens is 1. The fraction of sp³-hybridized carbons (Fsp3) is 0.0714. The van der Waals surface area contributed by atoms with Crippen LogP contribution in [-0.4, -0.2) is 9.38 Å². The highest BCUT2D eigenvalue weighted by Crippen LogP contribution is 2.24. The van der Waals surface area contributed by atoms with Crippen LogP contribution in [0, 0.1) is 6.92 Å². The smallest absolute Gasteiger partial charge is 0.137 e. The molecule has 0 spiro atoms. The molecule has 3 aromatic rings. The third-order valence-electron chi connectivity index (χ3n) is 2.82. The summed E-state index contributed by atoms with van der Waals surface area (Å²) in [5, 5.41) is 0.789. The topological polar surface area (TPSA) is 17.3 Å². The lowest BCUT2D eigenvalue weighted by molar-refractivity contribution is 1.19. The Balaban J connectivity index is 2.17. The highest BCUT2D eigenvalue weighted by Gasteiger charge is 2.05. The molecule has 0 amide bonds. The molecule has 0 aliphatic heterocycles. The molecule has 0 saturated carbocycles. The van der Waals surface area contributed by atoms with Gasteiger partial charge in [0.15, 0.2) is 0 Å². The number of pyridine rings is 1. The van der Waals surface area contributed by atoms with Gasteiger partial charge in [0.25, 0.3) is 0 Å². The number of imidazole rings is 1. The fourth-order valence-corrected chi connectivity index (χ4v) is 2.00. The van der Waals surface area contributed by atoms with Crippen LogP contribution in [0.15, 0.2) is 48.8 Å². The molecule has 0 bridgehead atoms. The van der Waals surface area contributed by atoms with Gasteiger partial charge in [-0.15, -0.1) is 0 Å². The van der Waals surface area contributed by atoms with Gasteiger partial charge in [0.1, 0.15) is 5.65 Å². The first kappa shape index (κ1) is 10.4. The summed E-state index contributed by atoms with van der Waals surface area (Å²) in [6, 6.07) is 11.9. The Morgan fingerprint density at radius 3 is 2.82 bits per heavy atom. The average Bonchev–Trinajstić information content (AvgIpc) is 2.76. The van der Waals surface area contributed by atoms with E-state index in [0.717, 1.165) is 27.5 Å². The number of hydrogen-bond acceptors (Lipinski definition) is 1. The Labute approximate surface area is 104 Å². The van der Waals surface area contributed by atoms with E-state index in [1.165, 1.54) is 0 Å². The van der Waals surface area contributed by atoms with E-state index < -0.39 is 0 Å². The van der Waals surface area contributed by atoms with E-state index in [2.05, 4.69) is 11.1 Å². The van der Waals surface area contributed by atoms with Gasteiger partial charge >= 0.3 is 0 Å². The first-order valence-electron chi connectivity index (χ1n) is 5.44. The largest absolute Gasteiger partial charge is 0.306 e. The van der Waals surface area contributed by atoms with Crippen LogP contribution in [0.5, 0.6) is 0 Å². The molecule has 0 radical (unpaired) electrons. The molecule has 0 N–H and O–H groups in total. The standard InChI is InChI=1S/C14H11ClN2/c1-10-8-11(5-6-12(10)15)13-9-17-7-3-2-4-14(17)16-13/h2-9H,1H3. The van der Waals surface area contributed by atoms with Crippen molar-refractivity contribution in [2.24, 2.45) is 0 Å². The van der Waals surface area contributed by atoms with Crippen LogP contribution in [0.3, 0.4) is 0 Å². The molecule has 0 fully saturated rings. The first-order chi connectivity index (χ1) is 8.24. The van der Waals surface area contributed by atoms with Crippen LogP contribution in [0.4, 0.5) is 0 Å². The maximum atomic E-state index is 6.02. The van der Waals surface area contributed by atoms with Crippen LogP contribution < -0.4 is 0 Å². The lowest BCUT2D eigenvalue weighted by atomic mass is 10.1. The number of aryl methyl sites for hydroxylation is 1. The quantitative estimate of drug-likeness (QED) is 0.631. The number of rotatable bonds is 1. The monoisotopic (exact) mass is 242 g/mol. The van der Waals surface area contributed by atoms with Gasteiger partial charge in [0.2, 0.25) is 0 Å². The summed E-state index contributed by atoms with van der Waals surface area (Å²) in [5.41, 5.74) is 4.09. The first-order valence-corrected chi connectivity index (χ1v) is 5.82. The van der Waals surface area contributed by atoms with Gasteiger partial charge in [-0.1, -0.05) is 23.7 Å². The third kappa shape index (κ3) is 1.81. The van der Waals surface area contributed by atoms with Gasteiger partial charge in [0.05, 0.1) is 5.69 Å². The number of nitrogens with zero attached hydrogens (tertiary/aromatic N) is 2. The maximum absolute atomic E-state index is 6.02. The van der Waals surface area contributed by atoms with Crippen LogP contribution in [0.2, 0.25) is 5.02 Å². The number of hydrogen-bond donors (Lipinski definition) is 0. The van der Waals surface area contributed by atoms with E-state index >= 15 is 0 Å². The lowest BCUT2D eigenvalue weighted by Gasteiger charge is -2.00. The zero-order chi connectivity index (χ0) is 11.8. The predicted octanol–water partition coefficient (Wildman–Crippen LogP) is 3.96. The summed E-state index contributed by atoms with van der Waals surface area (Å²) in [5.74, 6) is 0.